The van der Waals surface area contributed by atoms with Gasteiger partial charge in [-0.3, -0.25) is 4.79 Å². The summed E-state index contributed by atoms with van der Waals surface area (Å²) in [7, 11) is 1.59. The van der Waals surface area contributed by atoms with Crippen molar-refractivity contribution in [3.8, 4) is 34.4 Å². The fraction of sp³-hybridized carbons (Fsp3) is 0.361. The molecule has 0 aliphatic carbocycles. The maximum absolute atomic E-state index is 16.6. The summed E-state index contributed by atoms with van der Waals surface area (Å²) < 4.78 is 48.7. The van der Waals surface area contributed by atoms with Crippen LogP contribution in [-0.4, -0.2) is 41.0 Å². The number of carbonyl (C=O) groups excluding carboxylic acids is 2. The van der Waals surface area contributed by atoms with E-state index in [0.29, 0.717) is 5.56 Å². The van der Waals surface area contributed by atoms with Crippen LogP contribution >= 0.6 is 0 Å². The van der Waals surface area contributed by atoms with Gasteiger partial charge in [0.2, 0.25) is 11.8 Å². The van der Waals surface area contributed by atoms with E-state index in [0.717, 1.165) is 22.9 Å². The molecule has 1 unspecified atom stereocenters. The van der Waals surface area contributed by atoms with E-state index in [1.54, 1.807) is 41.7 Å². The highest BCUT2D eigenvalue weighted by Crippen LogP contribution is 2.44. The van der Waals surface area contributed by atoms with E-state index < -0.39 is 47.0 Å². The first-order chi connectivity index (χ1) is 22.5. The van der Waals surface area contributed by atoms with Crippen molar-refractivity contribution in [2.24, 2.45) is 0 Å². The lowest BCUT2D eigenvalue weighted by Crippen LogP contribution is -2.50. The van der Waals surface area contributed by atoms with Crippen LogP contribution in [0.1, 0.15) is 65.0 Å². The maximum atomic E-state index is 16.6. The Morgan fingerprint density at radius 1 is 1.08 bits per heavy atom. The smallest absolute Gasteiger partial charge is 0.408 e. The Bertz CT molecular complexity index is 1870. The zero-order valence-corrected chi connectivity index (χ0v) is 27.9. The first kappa shape index (κ1) is 34.0. The molecule has 10 nitrogen and oxygen atoms in total. The van der Waals surface area contributed by atoms with Gasteiger partial charge in [0.15, 0.2) is 0 Å². The fourth-order valence-corrected chi connectivity index (χ4v) is 5.38. The van der Waals surface area contributed by atoms with Crippen LogP contribution in [0.4, 0.5) is 19.3 Å². The second-order valence-corrected chi connectivity index (χ2v) is 13.4. The minimum absolute atomic E-state index is 0.0313. The predicted molar refractivity (Wildman–Crippen MR) is 174 cm³/mol. The number of nitrogens with zero attached hydrogens (tertiary/aromatic N) is 4. The van der Waals surface area contributed by atoms with Crippen LogP contribution in [0.15, 0.2) is 65.1 Å². The normalized spacial score (nSPS) is 18.0. The number of nitriles is 1. The maximum Gasteiger partial charge on any atom is 0.408 e. The molecule has 1 N–H and O–H groups in total. The van der Waals surface area contributed by atoms with Crippen molar-refractivity contribution >= 4 is 17.7 Å². The van der Waals surface area contributed by atoms with Crippen molar-refractivity contribution in [3.05, 3.63) is 83.5 Å². The fourth-order valence-electron chi connectivity index (χ4n) is 5.38. The van der Waals surface area contributed by atoms with Gasteiger partial charge in [0.1, 0.15) is 34.3 Å². The van der Waals surface area contributed by atoms with E-state index in [4.69, 9.17) is 13.9 Å². The number of hydrogen-bond donors (Lipinski definition) is 1. The van der Waals surface area contributed by atoms with E-state index in [9.17, 15) is 14.9 Å². The second kappa shape index (κ2) is 12.7. The number of fused-ring (bicyclic) bond motifs is 1. The van der Waals surface area contributed by atoms with Crippen LogP contribution in [0.2, 0.25) is 0 Å². The number of amides is 2. The van der Waals surface area contributed by atoms with Gasteiger partial charge in [-0.25, -0.2) is 13.6 Å². The Labute approximate surface area is 277 Å². The lowest BCUT2D eigenvalue weighted by molar-refractivity contribution is -0.121. The van der Waals surface area contributed by atoms with Crippen molar-refractivity contribution in [1.82, 2.24) is 15.5 Å². The first-order valence-electron chi connectivity index (χ1n) is 15.3. The molecule has 48 heavy (non-hydrogen) atoms. The van der Waals surface area contributed by atoms with Gasteiger partial charge in [-0.05, 0) is 82.5 Å². The van der Waals surface area contributed by atoms with Crippen molar-refractivity contribution in [2.75, 3.05) is 12.0 Å². The molecule has 0 saturated heterocycles. The minimum Gasteiger partial charge on any atom is -0.497 e. The average molecular weight is 658 g/mol. The van der Waals surface area contributed by atoms with Gasteiger partial charge in [0.25, 0.3) is 5.89 Å². The lowest BCUT2D eigenvalue weighted by Gasteiger charge is -2.27. The number of methoxy groups -OCH3 is 1. The zero-order valence-electron chi connectivity index (χ0n) is 27.9. The van der Waals surface area contributed by atoms with Gasteiger partial charge >= 0.3 is 6.09 Å². The molecule has 1 aromatic heterocycles. The molecule has 250 valence electrons. The summed E-state index contributed by atoms with van der Waals surface area (Å²) in [5, 5.41) is 19.9. The predicted octanol–water partition coefficient (Wildman–Crippen LogP) is 7.37. The number of hydrogen-bond acceptors (Lipinski definition) is 8. The second-order valence-electron chi connectivity index (χ2n) is 13.4. The zero-order chi connectivity index (χ0) is 35.0. The molecule has 3 aromatic carbocycles. The SMILES string of the molecule is COc1ccc(-c2ccc(CN3C(=O)[C@H](NC(=O)OC(C)(C)C)CC(C)(F)c4cc(F)c(-c5nnc(C(C)(C)C#N)o5)cc43)cc2)cc1. The molecule has 0 radical (unpaired) electrons. The van der Waals surface area contributed by atoms with Crippen molar-refractivity contribution < 1.29 is 32.3 Å². The number of nitrogens with one attached hydrogen (secondary N) is 1. The molecular formula is C36H37F2N5O5. The highest BCUT2D eigenvalue weighted by Gasteiger charge is 2.44. The number of carbonyl (C=O) groups is 2. The molecule has 0 spiro atoms. The number of benzene rings is 3. The Morgan fingerprint density at radius 2 is 1.71 bits per heavy atom. The molecule has 1 aliphatic rings. The van der Waals surface area contributed by atoms with Gasteiger partial charge in [0, 0.05) is 12.0 Å². The third-order valence-electron chi connectivity index (χ3n) is 7.97. The van der Waals surface area contributed by atoms with E-state index in [-0.39, 0.29) is 35.1 Å². The van der Waals surface area contributed by atoms with Crippen molar-refractivity contribution in [3.63, 3.8) is 0 Å². The third-order valence-corrected chi connectivity index (χ3v) is 7.97. The average Bonchev–Trinajstić information content (AvgIpc) is 3.51. The van der Waals surface area contributed by atoms with Gasteiger partial charge in [-0.15, -0.1) is 10.2 Å². The summed E-state index contributed by atoms with van der Waals surface area (Å²) in [6.45, 7) is 9.35. The Morgan fingerprint density at radius 3 is 2.29 bits per heavy atom. The number of aromatic nitrogens is 2. The van der Waals surface area contributed by atoms with E-state index in [1.807, 2.05) is 48.5 Å². The summed E-state index contributed by atoms with van der Waals surface area (Å²) in [4.78, 5) is 28.4. The van der Waals surface area contributed by atoms with Crippen LogP contribution in [0, 0.1) is 17.1 Å². The summed E-state index contributed by atoms with van der Waals surface area (Å²) >= 11 is 0. The standard InChI is InChI=1S/C36H37F2N5O5/c1-34(2,3)48-33(45)40-28-18-36(6,38)26-17-27(37)25(30-41-42-32(47-30)35(4,5)20-39)16-29(26)43(31(28)44)19-21-8-10-22(11-9-21)23-12-14-24(46-7)15-13-23/h8-17,28H,18-19H2,1-7H3,(H,40,45)/t28-,36?/m1/s1. The highest BCUT2D eigenvalue weighted by atomic mass is 19.1. The van der Waals surface area contributed by atoms with Crippen LogP contribution in [0.5, 0.6) is 5.75 Å². The van der Waals surface area contributed by atoms with Gasteiger partial charge < -0.3 is 24.1 Å². The number of rotatable bonds is 7. The summed E-state index contributed by atoms with van der Waals surface area (Å²) in [5.74, 6) is -1.03. The number of ether oxygens (including phenoxy) is 2. The van der Waals surface area contributed by atoms with E-state index >= 15 is 8.78 Å². The van der Waals surface area contributed by atoms with Crippen molar-refractivity contribution in [2.45, 2.75) is 77.2 Å². The summed E-state index contributed by atoms with van der Waals surface area (Å²) in [6, 6.07) is 18.0. The van der Waals surface area contributed by atoms with Crippen LogP contribution in [0.3, 0.4) is 0 Å². The summed E-state index contributed by atoms with van der Waals surface area (Å²) in [6.07, 6.45) is -1.37. The van der Waals surface area contributed by atoms with Crippen LogP contribution in [-0.2, 0) is 27.2 Å². The van der Waals surface area contributed by atoms with Gasteiger partial charge in [-0.1, -0.05) is 36.4 Å². The molecule has 5 rings (SSSR count). The quantitative estimate of drug-likeness (QED) is 0.218. The van der Waals surface area contributed by atoms with Gasteiger partial charge in [-0.2, -0.15) is 5.26 Å². The molecule has 0 saturated carbocycles. The number of halogens is 2. The van der Waals surface area contributed by atoms with Gasteiger partial charge in [0.05, 0.1) is 31.0 Å². The molecular weight excluding hydrogens is 620 g/mol. The molecule has 2 heterocycles. The molecule has 1 aliphatic heterocycles. The van der Waals surface area contributed by atoms with Crippen LogP contribution in [0.25, 0.3) is 22.6 Å². The van der Waals surface area contributed by atoms with Crippen molar-refractivity contribution in [1.29, 1.82) is 5.26 Å². The molecule has 0 fully saturated rings. The molecule has 12 heteroatoms. The Hall–Kier alpha value is -5.31. The molecule has 0 bridgehead atoms. The van der Waals surface area contributed by atoms with E-state index in [1.165, 1.54) is 17.9 Å². The third kappa shape index (κ3) is 7.15. The minimum atomic E-state index is -2.26. The highest BCUT2D eigenvalue weighted by molar-refractivity contribution is 6.01. The number of anilines is 1. The Balaban J connectivity index is 1.58. The van der Waals surface area contributed by atoms with E-state index in [2.05, 4.69) is 21.6 Å². The molecule has 2 amide bonds. The Kier molecular flexibility index (Phi) is 9.01. The topological polar surface area (TPSA) is 131 Å². The number of alkyl carbamates (subject to hydrolysis) is 1. The number of alkyl halides is 1. The molecule has 4 aromatic rings. The monoisotopic (exact) mass is 657 g/mol. The first-order valence-corrected chi connectivity index (χ1v) is 15.3. The summed E-state index contributed by atoms with van der Waals surface area (Å²) in [5.41, 5.74) is -1.94. The van der Waals surface area contributed by atoms with Crippen LogP contribution < -0.4 is 15.0 Å². The largest absolute Gasteiger partial charge is 0.497 e. The lowest BCUT2D eigenvalue weighted by atomic mass is 9.90. The molecule has 2 atom stereocenters.